The van der Waals surface area contributed by atoms with Gasteiger partial charge in [0.05, 0.1) is 31.7 Å². The number of anilines is 1. The summed E-state index contributed by atoms with van der Waals surface area (Å²) in [6.45, 7) is 6.39. The molecule has 25 heavy (non-hydrogen) atoms. The van der Waals surface area contributed by atoms with Gasteiger partial charge in [0.1, 0.15) is 5.75 Å². The van der Waals surface area contributed by atoms with Crippen LogP contribution in [0, 0.1) is 13.8 Å². The van der Waals surface area contributed by atoms with Crippen molar-refractivity contribution in [3.63, 3.8) is 0 Å². The third kappa shape index (κ3) is 6.54. The van der Waals surface area contributed by atoms with Gasteiger partial charge in [0.25, 0.3) is 0 Å². The average Bonchev–Trinajstić information content (AvgIpc) is 2.93. The summed E-state index contributed by atoms with van der Waals surface area (Å²) in [5.41, 5.74) is 2.83. The van der Waals surface area contributed by atoms with Crippen LogP contribution in [0.2, 0.25) is 0 Å². The maximum atomic E-state index is 12.0. The second kappa shape index (κ2) is 9.17. The van der Waals surface area contributed by atoms with E-state index >= 15 is 0 Å². The topological polar surface area (TPSA) is 77.5 Å². The fourth-order valence-electron chi connectivity index (χ4n) is 2.27. The molecule has 1 N–H and O–H groups in total. The van der Waals surface area contributed by atoms with Gasteiger partial charge in [0, 0.05) is 5.38 Å². The summed E-state index contributed by atoms with van der Waals surface area (Å²) in [6, 6.07) is 5.94. The molecular weight excluding hydrogens is 340 g/mol. The van der Waals surface area contributed by atoms with Crippen molar-refractivity contribution in [3.8, 4) is 5.75 Å². The molecule has 1 heterocycles. The van der Waals surface area contributed by atoms with Crippen molar-refractivity contribution in [1.29, 1.82) is 0 Å². The van der Waals surface area contributed by atoms with Crippen molar-refractivity contribution < 1.29 is 19.1 Å². The van der Waals surface area contributed by atoms with Gasteiger partial charge in [-0.25, -0.2) is 4.98 Å². The Morgan fingerprint density at radius 1 is 1.20 bits per heavy atom. The molecule has 0 aliphatic carbocycles. The maximum absolute atomic E-state index is 12.0. The quantitative estimate of drug-likeness (QED) is 0.729. The predicted molar refractivity (Wildman–Crippen MR) is 97.1 cm³/mol. The first-order chi connectivity index (χ1) is 12.0. The van der Waals surface area contributed by atoms with E-state index in [-0.39, 0.29) is 31.3 Å². The van der Waals surface area contributed by atoms with Crippen LogP contribution >= 0.6 is 11.3 Å². The lowest BCUT2D eigenvalue weighted by Gasteiger charge is -2.08. The molecule has 7 heteroatoms. The minimum absolute atomic E-state index is 0.107. The minimum Gasteiger partial charge on any atom is -0.493 e. The van der Waals surface area contributed by atoms with E-state index in [4.69, 9.17) is 9.47 Å². The van der Waals surface area contributed by atoms with Gasteiger partial charge < -0.3 is 14.8 Å². The van der Waals surface area contributed by atoms with Crippen LogP contribution in [-0.4, -0.2) is 30.1 Å². The van der Waals surface area contributed by atoms with Crippen molar-refractivity contribution in [2.45, 2.75) is 33.6 Å². The van der Waals surface area contributed by atoms with E-state index in [1.165, 1.54) is 11.3 Å². The summed E-state index contributed by atoms with van der Waals surface area (Å²) in [5.74, 6) is 0.255. The molecule has 2 rings (SSSR count). The summed E-state index contributed by atoms with van der Waals surface area (Å²) >= 11 is 1.28. The van der Waals surface area contributed by atoms with Crippen LogP contribution in [-0.2, 0) is 20.7 Å². The fraction of sp³-hybridized carbons (Fsp3) is 0.389. The summed E-state index contributed by atoms with van der Waals surface area (Å²) in [7, 11) is 0. The molecule has 0 atom stereocenters. The molecule has 0 radical (unpaired) electrons. The van der Waals surface area contributed by atoms with Crippen LogP contribution < -0.4 is 10.1 Å². The second-order valence-electron chi connectivity index (χ2n) is 5.60. The standard InChI is InChI=1S/C18H22N2O4S/c1-4-23-17(22)10-14-11-25-18(19-14)20-16(21)5-6-24-15-8-12(2)7-13(3)9-15/h7-9,11H,4-6,10H2,1-3H3,(H,19,20,21). The number of aromatic nitrogens is 1. The van der Waals surface area contributed by atoms with E-state index in [0.29, 0.717) is 17.4 Å². The number of hydrogen-bond acceptors (Lipinski definition) is 6. The smallest absolute Gasteiger partial charge is 0.311 e. The van der Waals surface area contributed by atoms with E-state index < -0.39 is 0 Å². The van der Waals surface area contributed by atoms with Crippen LogP contribution in [0.15, 0.2) is 23.6 Å². The van der Waals surface area contributed by atoms with Crippen molar-refractivity contribution in [1.82, 2.24) is 4.98 Å². The maximum Gasteiger partial charge on any atom is 0.311 e. The van der Waals surface area contributed by atoms with Crippen LogP contribution in [0.5, 0.6) is 5.75 Å². The number of ether oxygens (including phenoxy) is 2. The summed E-state index contributed by atoms with van der Waals surface area (Å²) < 4.78 is 10.5. The highest BCUT2D eigenvalue weighted by Crippen LogP contribution is 2.18. The average molecular weight is 362 g/mol. The van der Waals surface area contributed by atoms with E-state index in [1.54, 1.807) is 12.3 Å². The lowest BCUT2D eigenvalue weighted by atomic mass is 10.1. The number of rotatable bonds is 8. The van der Waals surface area contributed by atoms with Crippen molar-refractivity contribution in [2.75, 3.05) is 18.5 Å². The van der Waals surface area contributed by atoms with Crippen molar-refractivity contribution >= 4 is 28.3 Å². The summed E-state index contributed by atoms with van der Waals surface area (Å²) in [6.07, 6.45) is 0.329. The first-order valence-electron chi connectivity index (χ1n) is 8.07. The van der Waals surface area contributed by atoms with Crippen molar-refractivity contribution in [2.24, 2.45) is 0 Å². The molecule has 0 aliphatic rings. The Morgan fingerprint density at radius 2 is 1.92 bits per heavy atom. The Balaban J connectivity index is 1.76. The van der Waals surface area contributed by atoms with Gasteiger partial charge in [-0.3, -0.25) is 9.59 Å². The monoisotopic (exact) mass is 362 g/mol. The molecule has 0 aliphatic heterocycles. The van der Waals surface area contributed by atoms with Crippen molar-refractivity contribution in [3.05, 3.63) is 40.4 Å². The largest absolute Gasteiger partial charge is 0.493 e. The van der Waals surface area contributed by atoms with Gasteiger partial charge in [-0.1, -0.05) is 6.07 Å². The van der Waals surface area contributed by atoms with Crippen LogP contribution in [0.4, 0.5) is 5.13 Å². The van der Waals surface area contributed by atoms with Gasteiger partial charge in [-0.15, -0.1) is 11.3 Å². The number of carbonyl (C=O) groups is 2. The third-order valence-electron chi connectivity index (χ3n) is 3.22. The highest BCUT2D eigenvalue weighted by atomic mass is 32.1. The zero-order chi connectivity index (χ0) is 18.2. The molecule has 0 saturated heterocycles. The van der Waals surface area contributed by atoms with Crippen LogP contribution in [0.1, 0.15) is 30.2 Å². The number of aryl methyl sites for hydroxylation is 2. The molecule has 0 saturated carbocycles. The number of nitrogens with zero attached hydrogens (tertiary/aromatic N) is 1. The number of thiazole rings is 1. The highest BCUT2D eigenvalue weighted by molar-refractivity contribution is 7.13. The minimum atomic E-state index is -0.326. The Bertz CT molecular complexity index is 722. The molecule has 134 valence electrons. The second-order valence-corrected chi connectivity index (χ2v) is 6.45. The molecule has 0 bridgehead atoms. The number of carbonyl (C=O) groups excluding carboxylic acids is 2. The summed E-state index contributed by atoms with van der Waals surface area (Å²) in [4.78, 5) is 27.6. The third-order valence-corrected chi connectivity index (χ3v) is 4.03. The predicted octanol–water partition coefficient (Wildman–Crippen LogP) is 3.27. The number of benzene rings is 1. The molecule has 0 unspecified atom stereocenters. The van der Waals surface area contributed by atoms with Gasteiger partial charge in [-0.2, -0.15) is 0 Å². The molecule has 0 fully saturated rings. The molecule has 1 aromatic heterocycles. The highest BCUT2D eigenvalue weighted by Gasteiger charge is 2.10. The van der Waals surface area contributed by atoms with Gasteiger partial charge in [-0.05, 0) is 44.0 Å². The lowest BCUT2D eigenvalue weighted by molar-refractivity contribution is -0.142. The Morgan fingerprint density at radius 3 is 2.60 bits per heavy atom. The van der Waals surface area contributed by atoms with Crippen LogP contribution in [0.3, 0.4) is 0 Å². The number of nitrogens with one attached hydrogen (secondary N) is 1. The SMILES string of the molecule is CCOC(=O)Cc1csc(NC(=O)CCOc2cc(C)cc(C)c2)n1. The zero-order valence-corrected chi connectivity index (χ0v) is 15.4. The molecule has 1 aromatic carbocycles. The lowest BCUT2D eigenvalue weighted by Crippen LogP contribution is -2.15. The summed E-state index contributed by atoms with van der Waals surface area (Å²) in [5, 5.41) is 4.92. The molecule has 0 spiro atoms. The first kappa shape index (κ1) is 18.9. The zero-order valence-electron chi connectivity index (χ0n) is 14.6. The molecule has 2 aromatic rings. The van der Waals surface area contributed by atoms with Gasteiger partial charge >= 0.3 is 5.97 Å². The molecule has 1 amide bonds. The Hall–Kier alpha value is -2.41. The van der Waals surface area contributed by atoms with E-state index in [9.17, 15) is 9.59 Å². The van der Waals surface area contributed by atoms with Gasteiger partial charge in [0.15, 0.2) is 5.13 Å². The normalized spacial score (nSPS) is 10.4. The van der Waals surface area contributed by atoms with Gasteiger partial charge in [0.2, 0.25) is 5.91 Å². The first-order valence-corrected chi connectivity index (χ1v) is 8.95. The Kier molecular flexibility index (Phi) is 6.94. The molecular formula is C18H22N2O4S. The van der Waals surface area contributed by atoms with Crippen LogP contribution in [0.25, 0.3) is 0 Å². The number of amides is 1. The molecule has 6 nitrogen and oxygen atoms in total. The fourth-order valence-corrected chi connectivity index (χ4v) is 2.99. The number of esters is 1. The van der Waals surface area contributed by atoms with E-state index in [0.717, 1.165) is 16.9 Å². The Labute approximate surface area is 151 Å². The van der Waals surface area contributed by atoms with E-state index in [1.807, 2.05) is 26.0 Å². The van der Waals surface area contributed by atoms with E-state index in [2.05, 4.69) is 16.4 Å². The number of hydrogen-bond donors (Lipinski definition) is 1.